The largest absolute Gasteiger partial charge is 0.298 e. The van der Waals surface area contributed by atoms with Crippen molar-refractivity contribution in [1.82, 2.24) is 14.8 Å². The molecule has 98 valence electrons. The van der Waals surface area contributed by atoms with E-state index in [-0.39, 0.29) is 0 Å². The molecule has 1 aromatic heterocycles. The van der Waals surface area contributed by atoms with Crippen LogP contribution in [0.2, 0.25) is 0 Å². The first-order valence-electron chi connectivity index (χ1n) is 7.23. The zero-order valence-corrected chi connectivity index (χ0v) is 11.3. The molecular formula is C15H23N3. The number of aromatic nitrogens is 1. The van der Waals surface area contributed by atoms with Crippen LogP contribution in [0.1, 0.15) is 37.9 Å². The van der Waals surface area contributed by atoms with E-state index in [1.807, 2.05) is 12.3 Å². The number of nitrogens with zero attached hydrogens (tertiary/aromatic N) is 3. The summed E-state index contributed by atoms with van der Waals surface area (Å²) in [6.07, 6.45) is 6.09. The van der Waals surface area contributed by atoms with Crippen molar-refractivity contribution in [2.45, 2.75) is 38.3 Å². The molecule has 1 aromatic rings. The van der Waals surface area contributed by atoms with E-state index in [4.69, 9.17) is 0 Å². The highest BCUT2D eigenvalue weighted by Gasteiger charge is 2.31. The van der Waals surface area contributed by atoms with Crippen LogP contribution < -0.4 is 0 Å². The van der Waals surface area contributed by atoms with Gasteiger partial charge in [-0.25, -0.2) is 0 Å². The predicted octanol–water partition coefficient (Wildman–Crippen LogP) is 2.31. The summed E-state index contributed by atoms with van der Waals surface area (Å²) in [5.41, 5.74) is 1.21. The van der Waals surface area contributed by atoms with Gasteiger partial charge in [0.1, 0.15) is 0 Å². The fraction of sp³-hybridized carbons (Fsp3) is 0.667. The molecule has 3 heterocycles. The highest BCUT2D eigenvalue weighted by atomic mass is 15.3. The Labute approximate surface area is 110 Å². The van der Waals surface area contributed by atoms with E-state index in [1.165, 1.54) is 51.1 Å². The van der Waals surface area contributed by atoms with E-state index in [0.29, 0.717) is 6.04 Å². The van der Waals surface area contributed by atoms with Gasteiger partial charge in [0.15, 0.2) is 0 Å². The SMILES string of the molecule is C[C@@H](c1ccccn1)N1CCN2CCCC[C@@H]2C1. The molecule has 2 saturated heterocycles. The van der Waals surface area contributed by atoms with Gasteiger partial charge in [-0.3, -0.25) is 14.8 Å². The average molecular weight is 245 g/mol. The maximum atomic E-state index is 4.50. The van der Waals surface area contributed by atoms with Gasteiger partial charge in [0.05, 0.1) is 5.69 Å². The Hall–Kier alpha value is -0.930. The van der Waals surface area contributed by atoms with E-state index < -0.39 is 0 Å². The molecule has 0 N–H and O–H groups in total. The number of rotatable bonds is 2. The molecule has 2 fully saturated rings. The highest BCUT2D eigenvalue weighted by molar-refractivity contribution is 5.08. The van der Waals surface area contributed by atoms with Crippen LogP contribution in [-0.2, 0) is 0 Å². The van der Waals surface area contributed by atoms with Gasteiger partial charge in [-0.05, 0) is 38.4 Å². The summed E-state index contributed by atoms with van der Waals surface area (Å²) in [4.78, 5) is 9.79. The zero-order chi connectivity index (χ0) is 12.4. The summed E-state index contributed by atoms with van der Waals surface area (Å²) < 4.78 is 0. The molecule has 0 unspecified atom stereocenters. The Morgan fingerprint density at radius 1 is 1.22 bits per heavy atom. The first-order valence-corrected chi connectivity index (χ1v) is 7.23. The first kappa shape index (κ1) is 12.1. The number of piperidine rings is 1. The molecule has 3 nitrogen and oxygen atoms in total. The van der Waals surface area contributed by atoms with Crippen molar-refractivity contribution >= 4 is 0 Å². The molecule has 0 spiro atoms. The highest BCUT2D eigenvalue weighted by Crippen LogP contribution is 2.26. The number of piperazine rings is 1. The third-order valence-corrected chi connectivity index (χ3v) is 4.53. The Bertz CT molecular complexity index is 379. The maximum Gasteiger partial charge on any atom is 0.0572 e. The van der Waals surface area contributed by atoms with Crippen molar-refractivity contribution in [2.24, 2.45) is 0 Å². The monoisotopic (exact) mass is 245 g/mol. The van der Waals surface area contributed by atoms with Crippen LogP contribution in [0.4, 0.5) is 0 Å². The quantitative estimate of drug-likeness (QED) is 0.797. The molecule has 18 heavy (non-hydrogen) atoms. The zero-order valence-electron chi connectivity index (χ0n) is 11.3. The van der Waals surface area contributed by atoms with Crippen molar-refractivity contribution in [2.75, 3.05) is 26.2 Å². The summed E-state index contributed by atoms with van der Waals surface area (Å²) in [5, 5.41) is 0. The van der Waals surface area contributed by atoms with Gasteiger partial charge in [0.25, 0.3) is 0 Å². The molecular weight excluding hydrogens is 222 g/mol. The minimum atomic E-state index is 0.454. The molecule has 2 atom stereocenters. The third kappa shape index (κ3) is 2.43. The van der Waals surface area contributed by atoms with Crippen molar-refractivity contribution in [3.05, 3.63) is 30.1 Å². The smallest absolute Gasteiger partial charge is 0.0572 e. The summed E-state index contributed by atoms with van der Waals surface area (Å²) >= 11 is 0. The second-order valence-corrected chi connectivity index (χ2v) is 5.61. The molecule has 0 aromatic carbocycles. The standard InChI is InChI=1S/C15H23N3/c1-13(15-7-2-4-8-16-15)18-11-10-17-9-5-3-6-14(17)12-18/h2,4,7-8,13-14H,3,5-6,9-12H2,1H3/t13-,14+/m0/s1. The van der Waals surface area contributed by atoms with Crippen LogP contribution in [-0.4, -0.2) is 47.0 Å². The first-order chi connectivity index (χ1) is 8.84. The number of fused-ring (bicyclic) bond motifs is 1. The van der Waals surface area contributed by atoms with Crippen LogP contribution in [0.15, 0.2) is 24.4 Å². The lowest BCUT2D eigenvalue weighted by Crippen LogP contribution is -2.55. The van der Waals surface area contributed by atoms with Crippen molar-refractivity contribution in [3.8, 4) is 0 Å². The fourth-order valence-corrected chi connectivity index (χ4v) is 3.34. The Balaban J connectivity index is 1.67. The topological polar surface area (TPSA) is 19.4 Å². The van der Waals surface area contributed by atoms with Gasteiger partial charge in [-0.15, -0.1) is 0 Å². The third-order valence-electron chi connectivity index (χ3n) is 4.53. The van der Waals surface area contributed by atoms with Gasteiger partial charge < -0.3 is 0 Å². The summed E-state index contributed by atoms with van der Waals surface area (Å²) in [6, 6.07) is 7.48. The number of hydrogen-bond donors (Lipinski definition) is 0. The molecule has 0 radical (unpaired) electrons. The Morgan fingerprint density at radius 3 is 3.00 bits per heavy atom. The van der Waals surface area contributed by atoms with Crippen LogP contribution in [0.25, 0.3) is 0 Å². The average Bonchev–Trinajstić information content (AvgIpc) is 2.47. The van der Waals surface area contributed by atoms with Crippen LogP contribution in [0, 0.1) is 0 Å². The lowest BCUT2D eigenvalue weighted by molar-refractivity contribution is 0.0299. The molecule has 0 aliphatic carbocycles. The van der Waals surface area contributed by atoms with Gasteiger partial charge in [-0.1, -0.05) is 12.5 Å². The Kier molecular flexibility index (Phi) is 3.62. The summed E-state index contributed by atoms with van der Waals surface area (Å²) in [5.74, 6) is 0. The number of pyridine rings is 1. The molecule has 0 amide bonds. The van der Waals surface area contributed by atoms with Gasteiger partial charge in [-0.2, -0.15) is 0 Å². The molecule has 3 heteroatoms. The Morgan fingerprint density at radius 2 is 2.17 bits per heavy atom. The van der Waals surface area contributed by atoms with E-state index in [2.05, 4.69) is 33.8 Å². The molecule has 2 aliphatic rings. The summed E-state index contributed by atoms with van der Waals surface area (Å²) in [7, 11) is 0. The van der Waals surface area contributed by atoms with Crippen LogP contribution in [0.3, 0.4) is 0 Å². The van der Waals surface area contributed by atoms with Crippen LogP contribution >= 0.6 is 0 Å². The molecule has 0 saturated carbocycles. The maximum absolute atomic E-state index is 4.50. The number of hydrogen-bond acceptors (Lipinski definition) is 3. The van der Waals surface area contributed by atoms with Gasteiger partial charge >= 0.3 is 0 Å². The molecule has 3 rings (SSSR count). The lowest BCUT2D eigenvalue weighted by atomic mass is 9.98. The van der Waals surface area contributed by atoms with Gasteiger partial charge in [0.2, 0.25) is 0 Å². The molecule has 2 aliphatic heterocycles. The second-order valence-electron chi connectivity index (χ2n) is 5.61. The van der Waals surface area contributed by atoms with E-state index in [9.17, 15) is 0 Å². The van der Waals surface area contributed by atoms with E-state index >= 15 is 0 Å². The van der Waals surface area contributed by atoms with E-state index in [0.717, 1.165) is 6.04 Å². The normalized spacial score (nSPS) is 27.7. The van der Waals surface area contributed by atoms with Crippen molar-refractivity contribution in [1.29, 1.82) is 0 Å². The summed E-state index contributed by atoms with van der Waals surface area (Å²) in [6.45, 7) is 7.26. The molecule has 0 bridgehead atoms. The lowest BCUT2D eigenvalue weighted by Gasteiger charge is -2.45. The van der Waals surface area contributed by atoms with Crippen LogP contribution in [0.5, 0.6) is 0 Å². The fourth-order valence-electron chi connectivity index (χ4n) is 3.34. The van der Waals surface area contributed by atoms with Crippen molar-refractivity contribution < 1.29 is 0 Å². The minimum absolute atomic E-state index is 0.454. The second kappa shape index (κ2) is 5.37. The van der Waals surface area contributed by atoms with Crippen molar-refractivity contribution in [3.63, 3.8) is 0 Å². The predicted molar refractivity (Wildman–Crippen MR) is 73.4 cm³/mol. The van der Waals surface area contributed by atoms with E-state index in [1.54, 1.807) is 0 Å². The van der Waals surface area contributed by atoms with Gasteiger partial charge in [0, 0.05) is 37.9 Å². The minimum Gasteiger partial charge on any atom is -0.298 e.